The third kappa shape index (κ3) is 4.84. The second kappa shape index (κ2) is 9.31. The Bertz CT molecular complexity index is 1610. The molecule has 188 valence electrons. The summed E-state index contributed by atoms with van der Waals surface area (Å²) < 4.78 is 6.17. The highest BCUT2D eigenvalue weighted by molar-refractivity contribution is 6.88. The quantitative estimate of drug-likeness (QED) is 0.244. The van der Waals surface area contributed by atoms with Gasteiger partial charge in [-0.2, -0.15) is 0 Å². The monoisotopic (exact) mass is 506 g/mol. The van der Waals surface area contributed by atoms with Crippen LogP contribution in [0.25, 0.3) is 44.9 Å². The number of nitrogens with zero attached hydrogens (tertiary/aromatic N) is 2. The lowest BCUT2D eigenvalue weighted by Gasteiger charge is -2.17. The van der Waals surface area contributed by atoms with Crippen molar-refractivity contribution in [2.75, 3.05) is 0 Å². The minimum absolute atomic E-state index is 0.204. The van der Waals surface area contributed by atoms with Gasteiger partial charge in [0.2, 0.25) is 5.89 Å². The van der Waals surface area contributed by atoms with Gasteiger partial charge in [0.05, 0.1) is 19.3 Å². The molecule has 0 bridgehead atoms. The summed E-state index contributed by atoms with van der Waals surface area (Å²) in [5.41, 5.74) is 9.33. The van der Waals surface area contributed by atoms with E-state index in [0.717, 1.165) is 39.0 Å². The largest absolute Gasteiger partial charge is 0.507 e. The summed E-state index contributed by atoms with van der Waals surface area (Å²) in [4.78, 5) is 9.74. The van der Waals surface area contributed by atoms with Crippen LogP contribution in [0, 0.1) is 13.8 Å². The molecular formula is C32H34N2O2Si. The third-order valence-corrected chi connectivity index (χ3v) is 8.98. The molecule has 0 saturated heterocycles. The zero-order valence-corrected chi connectivity index (χ0v) is 23.7. The molecule has 5 aromatic rings. The molecule has 0 saturated carbocycles. The molecule has 0 amide bonds. The fourth-order valence-electron chi connectivity index (χ4n) is 4.72. The Balaban J connectivity index is 1.66. The summed E-state index contributed by atoms with van der Waals surface area (Å²) >= 11 is 0. The molecule has 5 rings (SSSR count). The van der Waals surface area contributed by atoms with Gasteiger partial charge in [-0.25, -0.2) is 4.98 Å². The first-order valence-electron chi connectivity index (χ1n) is 12.8. The number of hydrogen-bond donors (Lipinski definition) is 1. The number of hydrogen-bond acceptors (Lipinski definition) is 4. The molecule has 5 heteroatoms. The Morgan fingerprint density at radius 1 is 0.865 bits per heavy atom. The van der Waals surface area contributed by atoms with Crippen LogP contribution in [-0.4, -0.2) is 23.1 Å². The average molecular weight is 507 g/mol. The van der Waals surface area contributed by atoms with E-state index in [1.807, 2.05) is 44.3 Å². The minimum Gasteiger partial charge on any atom is -0.507 e. The summed E-state index contributed by atoms with van der Waals surface area (Å²) in [6.45, 7) is 15.3. The number of pyridine rings is 1. The molecule has 0 spiro atoms. The standard InChI is InChI=1S/C32H34N2O2Si/c1-19(2)22-15-23(17-24(16-22)28-12-11-25(18-33-28)37(5,6)7)26-9-8-10-29-30(26)34-32(36-29)27-14-20(3)13-21(4)31(27)35/h8-19,35H,1-7H3. The van der Waals surface area contributed by atoms with Gasteiger partial charge in [0, 0.05) is 17.3 Å². The lowest BCUT2D eigenvalue weighted by molar-refractivity contribution is 0.470. The first-order valence-corrected chi connectivity index (χ1v) is 16.3. The van der Waals surface area contributed by atoms with Crippen molar-refractivity contribution >= 4 is 24.4 Å². The van der Waals surface area contributed by atoms with Crippen LogP contribution >= 0.6 is 0 Å². The summed E-state index contributed by atoms with van der Waals surface area (Å²) in [5.74, 6) is 0.991. The average Bonchev–Trinajstić information content (AvgIpc) is 3.29. The van der Waals surface area contributed by atoms with Gasteiger partial charge < -0.3 is 9.52 Å². The lowest BCUT2D eigenvalue weighted by atomic mass is 9.93. The van der Waals surface area contributed by atoms with Crippen molar-refractivity contribution in [2.45, 2.75) is 53.3 Å². The minimum atomic E-state index is -1.42. The SMILES string of the molecule is Cc1cc(C)c(O)c(-c2nc3c(-c4cc(-c5ccc([Si](C)(C)C)cn5)cc(C(C)C)c4)cccc3o2)c1. The predicted molar refractivity (Wildman–Crippen MR) is 156 cm³/mol. The Morgan fingerprint density at radius 2 is 1.62 bits per heavy atom. The van der Waals surface area contributed by atoms with Crippen molar-refractivity contribution in [3.63, 3.8) is 0 Å². The second-order valence-electron chi connectivity index (χ2n) is 11.3. The van der Waals surface area contributed by atoms with Gasteiger partial charge in [-0.15, -0.1) is 0 Å². The summed E-state index contributed by atoms with van der Waals surface area (Å²) in [5, 5.41) is 12.1. The summed E-state index contributed by atoms with van der Waals surface area (Å²) in [6.07, 6.45) is 2.05. The van der Waals surface area contributed by atoms with Gasteiger partial charge in [0.25, 0.3) is 0 Å². The number of phenols is 1. The molecule has 0 aliphatic carbocycles. The molecule has 0 atom stereocenters. The first-order chi connectivity index (χ1) is 17.5. The third-order valence-electron chi connectivity index (χ3n) is 6.95. The molecule has 3 aromatic carbocycles. The van der Waals surface area contributed by atoms with Crippen molar-refractivity contribution in [3.05, 3.63) is 83.6 Å². The van der Waals surface area contributed by atoms with Crippen LogP contribution in [0.5, 0.6) is 5.75 Å². The highest BCUT2D eigenvalue weighted by Crippen LogP contribution is 2.38. The van der Waals surface area contributed by atoms with Gasteiger partial charge in [-0.3, -0.25) is 4.98 Å². The Morgan fingerprint density at radius 3 is 2.30 bits per heavy atom. The topological polar surface area (TPSA) is 59.2 Å². The molecular weight excluding hydrogens is 472 g/mol. The van der Waals surface area contributed by atoms with Crippen LogP contribution in [0.4, 0.5) is 0 Å². The van der Waals surface area contributed by atoms with E-state index in [0.29, 0.717) is 23.0 Å². The van der Waals surface area contributed by atoms with Gasteiger partial charge in [-0.05, 0) is 77.5 Å². The number of benzene rings is 3. The maximum atomic E-state index is 10.7. The molecule has 0 unspecified atom stereocenters. The van der Waals surface area contributed by atoms with Crippen molar-refractivity contribution in [3.8, 4) is 39.6 Å². The number of para-hydroxylation sites is 1. The van der Waals surface area contributed by atoms with Gasteiger partial charge in [-0.1, -0.05) is 63.8 Å². The number of phenolic OH excluding ortho intramolecular Hbond substituents is 1. The summed E-state index contributed by atoms with van der Waals surface area (Å²) in [6, 6.07) is 20.9. The molecule has 2 heterocycles. The van der Waals surface area contributed by atoms with Crippen LogP contribution in [-0.2, 0) is 0 Å². The van der Waals surface area contributed by atoms with E-state index < -0.39 is 8.07 Å². The summed E-state index contributed by atoms with van der Waals surface area (Å²) in [7, 11) is -1.42. The van der Waals surface area contributed by atoms with E-state index in [1.165, 1.54) is 10.8 Å². The predicted octanol–water partition coefficient (Wildman–Crippen LogP) is 8.21. The first kappa shape index (κ1) is 25.0. The molecule has 4 nitrogen and oxygen atoms in total. The van der Waals surface area contributed by atoms with Gasteiger partial charge in [0.1, 0.15) is 11.3 Å². The lowest BCUT2D eigenvalue weighted by Crippen LogP contribution is -2.37. The molecule has 0 aliphatic rings. The molecule has 0 radical (unpaired) electrons. The van der Waals surface area contributed by atoms with E-state index in [2.05, 4.69) is 69.9 Å². The fourth-order valence-corrected chi connectivity index (χ4v) is 5.75. The normalized spacial score (nSPS) is 12.0. The highest BCUT2D eigenvalue weighted by Gasteiger charge is 2.19. The van der Waals surface area contributed by atoms with E-state index in [4.69, 9.17) is 14.4 Å². The van der Waals surface area contributed by atoms with Crippen LogP contribution < -0.4 is 5.19 Å². The van der Waals surface area contributed by atoms with Gasteiger partial charge >= 0.3 is 0 Å². The van der Waals surface area contributed by atoms with E-state index >= 15 is 0 Å². The highest BCUT2D eigenvalue weighted by atomic mass is 28.3. The van der Waals surface area contributed by atoms with Crippen LogP contribution in [0.3, 0.4) is 0 Å². The van der Waals surface area contributed by atoms with E-state index in [9.17, 15) is 5.11 Å². The van der Waals surface area contributed by atoms with Crippen LogP contribution in [0.1, 0.15) is 36.5 Å². The van der Waals surface area contributed by atoms with Crippen LogP contribution in [0.2, 0.25) is 19.6 Å². The number of rotatable bonds is 5. The van der Waals surface area contributed by atoms with Crippen molar-refractivity contribution in [2.24, 2.45) is 0 Å². The number of aryl methyl sites for hydroxylation is 2. The van der Waals surface area contributed by atoms with E-state index in [1.54, 1.807) is 0 Å². The van der Waals surface area contributed by atoms with Gasteiger partial charge in [0.15, 0.2) is 5.58 Å². The van der Waals surface area contributed by atoms with E-state index in [-0.39, 0.29) is 5.75 Å². The number of aromatic nitrogens is 2. The van der Waals surface area contributed by atoms with Crippen molar-refractivity contribution in [1.82, 2.24) is 9.97 Å². The number of aromatic hydroxyl groups is 1. The molecule has 1 N–H and O–H groups in total. The molecule has 37 heavy (non-hydrogen) atoms. The molecule has 0 fully saturated rings. The Kier molecular flexibility index (Phi) is 6.28. The maximum Gasteiger partial charge on any atom is 0.231 e. The van der Waals surface area contributed by atoms with Crippen molar-refractivity contribution in [1.29, 1.82) is 0 Å². The number of fused-ring (bicyclic) bond motifs is 1. The second-order valence-corrected chi connectivity index (χ2v) is 16.4. The van der Waals surface area contributed by atoms with Crippen LogP contribution in [0.15, 0.2) is 71.3 Å². The number of oxazole rings is 1. The maximum absolute atomic E-state index is 10.7. The smallest absolute Gasteiger partial charge is 0.231 e. The Hall–Kier alpha value is -3.70. The zero-order valence-electron chi connectivity index (χ0n) is 22.7. The zero-order chi connectivity index (χ0) is 26.5. The fraction of sp³-hybridized carbons (Fsp3) is 0.250. The Labute approximate surface area is 220 Å². The molecule has 0 aliphatic heterocycles. The molecule has 2 aromatic heterocycles. The van der Waals surface area contributed by atoms with Crippen molar-refractivity contribution < 1.29 is 9.52 Å².